The van der Waals surface area contributed by atoms with Crippen molar-refractivity contribution >= 4 is 16.7 Å². The number of rotatable bonds is 3. The Morgan fingerprint density at radius 1 is 1.33 bits per heavy atom. The maximum Gasteiger partial charge on any atom is 0.134 e. The number of fused-ring (bicyclic) bond motifs is 1. The molecule has 0 amide bonds. The molecule has 0 aliphatic carbocycles. The van der Waals surface area contributed by atoms with Gasteiger partial charge < -0.3 is 10.5 Å². The summed E-state index contributed by atoms with van der Waals surface area (Å²) in [4.78, 5) is 8.06. The number of hydrogen-bond donors (Lipinski definition) is 1. The van der Waals surface area contributed by atoms with Gasteiger partial charge in [-0.05, 0) is 24.6 Å². The quantitative estimate of drug-likeness (QED) is 0.828. The van der Waals surface area contributed by atoms with Crippen LogP contribution in [0.15, 0.2) is 24.5 Å². The third-order valence-corrected chi connectivity index (χ3v) is 2.11. The minimum absolute atomic E-state index is 0.488. The maximum atomic E-state index is 5.75. The van der Waals surface area contributed by atoms with E-state index in [1.165, 1.54) is 6.33 Å². The Morgan fingerprint density at radius 3 is 3.00 bits per heavy atom. The number of hydrogen-bond acceptors (Lipinski definition) is 4. The smallest absolute Gasteiger partial charge is 0.134 e. The van der Waals surface area contributed by atoms with E-state index in [4.69, 9.17) is 10.5 Å². The van der Waals surface area contributed by atoms with Crippen LogP contribution in [-0.4, -0.2) is 16.6 Å². The van der Waals surface area contributed by atoms with Gasteiger partial charge in [-0.3, -0.25) is 0 Å². The number of anilines is 1. The van der Waals surface area contributed by atoms with Crippen molar-refractivity contribution < 1.29 is 4.74 Å². The van der Waals surface area contributed by atoms with Crippen molar-refractivity contribution in [2.45, 2.75) is 13.3 Å². The van der Waals surface area contributed by atoms with Gasteiger partial charge in [-0.1, -0.05) is 6.92 Å². The van der Waals surface area contributed by atoms with Gasteiger partial charge in [0.2, 0.25) is 0 Å². The average Bonchev–Trinajstić information content (AvgIpc) is 2.27. The van der Waals surface area contributed by atoms with Gasteiger partial charge >= 0.3 is 0 Å². The fraction of sp³-hybridized carbons (Fsp3) is 0.273. The van der Waals surface area contributed by atoms with Crippen LogP contribution < -0.4 is 10.5 Å². The lowest BCUT2D eigenvalue weighted by molar-refractivity contribution is 0.318. The molecule has 0 saturated carbocycles. The lowest BCUT2D eigenvalue weighted by Gasteiger charge is -2.06. The zero-order chi connectivity index (χ0) is 10.7. The van der Waals surface area contributed by atoms with Gasteiger partial charge in [0.15, 0.2) is 0 Å². The van der Waals surface area contributed by atoms with Gasteiger partial charge in [-0.15, -0.1) is 0 Å². The molecule has 1 aromatic carbocycles. The third-order valence-electron chi connectivity index (χ3n) is 2.11. The Bertz CT molecular complexity index is 470. The highest BCUT2D eigenvalue weighted by atomic mass is 16.5. The normalized spacial score (nSPS) is 10.5. The average molecular weight is 203 g/mol. The Kier molecular flexibility index (Phi) is 2.67. The molecule has 15 heavy (non-hydrogen) atoms. The summed E-state index contributed by atoms with van der Waals surface area (Å²) in [5.74, 6) is 1.30. The number of nitrogens with two attached hydrogens (primary N) is 1. The summed E-state index contributed by atoms with van der Waals surface area (Å²) in [6.07, 6.45) is 2.45. The van der Waals surface area contributed by atoms with Crippen molar-refractivity contribution in [2.24, 2.45) is 0 Å². The fourth-order valence-corrected chi connectivity index (χ4v) is 1.37. The van der Waals surface area contributed by atoms with Crippen LogP contribution in [0, 0.1) is 0 Å². The van der Waals surface area contributed by atoms with Gasteiger partial charge in [0.05, 0.1) is 12.1 Å². The summed E-state index contributed by atoms with van der Waals surface area (Å²) >= 11 is 0. The van der Waals surface area contributed by atoms with Crippen LogP contribution in [0.1, 0.15) is 13.3 Å². The molecule has 0 spiro atoms. The predicted octanol–water partition coefficient (Wildman–Crippen LogP) is 2.00. The lowest BCUT2D eigenvalue weighted by atomic mass is 10.2. The highest BCUT2D eigenvalue weighted by Crippen LogP contribution is 2.22. The van der Waals surface area contributed by atoms with E-state index < -0.39 is 0 Å². The molecular formula is C11H13N3O. The molecule has 1 heterocycles. The van der Waals surface area contributed by atoms with E-state index in [0.29, 0.717) is 12.4 Å². The van der Waals surface area contributed by atoms with E-state index in [-0.39, 0.29) is 0 Å². The van der Waals surface area contributed by atoms with Gasteiger partial charge in [0.1, 0.15) is 17.9 Å². The van der Waals surface area contributed by atoms with Crippen LogP contribution in [0.2, 0.25) is 0 Å². The summed E-state index contributed by atoms with van der Waals surface area (Å²) in [7, 11) is 0. The molecule has 0 unspecified atom stereocenters. The van der Waals surface area contributed by atoms with E-state index in [1.54, 1.807) is 0 Å². The molecule has 78 valence electrons. The molecule has 0 aliphatic heterocycles. The molecule has 2 N–H and O–H groups in total. The van der Waals surface area contributed by atoms with E-state index in [2.05, 4.69) is 16.9 Å². The monoisotopic (exact) mass is 203 g/mol. The molecule has 4 nitrogen and oxygen atoms in total. The molecule has 1 aromatic heterocycles. The number of nitrogen functional groups attached to an aromatic ring is 1. The molecular weight excluding hydrogens is 190 g/mol. The largest absolute Gasteiger partial charge is 0.494 e. The molecule has 4 heteroatoms. The minimum Gasteiger partial charge on any atom is -0.494 e. The second-order valence-corrected chi connectivity index (χ2v) is 3.29. The first-order valence-corrected chi connectivity index (χ1v) is 4.94. The number of ether oxygens (including phenoxy) is 1. The fourth-order valence-electron chi connectivity index (χ4n) is 1.37. The maximum absolute atomic E-state index is 5.75. The van der Waals surface area contributed by atoms with Crippen LogP contribution in [0.4, 0.5) is 5.82 Å². The second-order valence-electron chi connectivity index (χ2n) is 3.29. The number of aromatic nitrogens is 2. The SMILES string of the molecule is CCCOc1ccc2ncnc(N)c2c1. The van der Waals surface area contributed by atoms with E-state index in [1.807, 2.05) is 18.2 Å². The standard InChI is InChI=1S/C11H13N3O/c1-2-5-15-8-3-4-10-9(6-8)11(12)14-7-13-10/h3-4,6-7H,2,5H2,1H3,(H2,12,13,14). The van der Waals surface area contributed by atoms with Crippen LogP contribution in [-0.2, 0) is 0 Å². The van der Waals surface area contributed by atoms with E-state index in [0.717, 1.165) is 23.1 Å². The van der Waals surface area contributed by atoms with Crippen molar-refractivity contribution in [2.75, 3.05) is 12.3 Å². The summed E-state index contributed by atoms with van der Waals surface area (Å²) in [6, 6.07) is 5.66. The van der Waals surface area contributed by atoms with Gasteiger partial charge in [0, 0.05) is 5.39 Å². The van der Waals surface area contributed by atoms with Crippen LogP contribution in [0.5, 0.6) is 5.75 Å². The van der Waals surface area contributed by atoms with Crippen molar-refractivity contribution in [1.29, 1.82) is 0 Å². The first-order valence-electron chi connectivity index (χ1n) is 4.94. The first kappa shape index (κ1) is 9.71. The van der Waals surface area contributed by atoms with E-state index >= 15 is 0 Å². The number of nitrogens with zero attached hydrogens (tertiary/aromatic N) is 2. The summed E-state index contributed by atoms with van der Waals surface area (Å²) in [5.41, 5.74) is 6.59. The van der Waals surface area contributed by atoms with Crippen molar-refractivity contribution in [3.8, 4) is 5.75 Å². The summed E-state index contributed by atoms with van der Waals surface area (Å²) < 4.78 is 5.51. The number of benzene rings is 1. The zero-order valence-corrected chi connectivity index (χ0v) is 8.60. The highest BCUT2D eigenvalue weighted by molar-refractivity contribution is 5.88. The van der Waals surface area contributed by atoms with Gasteiger partial charge in [-0.25, -0.2) is 9.97 Å². The molecule has 2 rings (SSSR count). The van der Waals surface area contributed by atoms with Gasteiger partial charge in [0.25, 0.3) is 0 Å². The molecule has 0 aliphatic rings. The molecule has 0 fully saturated rings. The summed E-state index contributed by atoms with van der Waals surface area (Å²) in [6.45, 7) is 2.78. The van der Waals surface area contributed by atoms with Crippen molar-refractivity contribution in [1.82, 2.24) is 9.97 Å². The second kappa shape index (κ2) is 4.13. The van der Waals surface area contributed by atoms with Crippen LogP contribution in [0.3, 0.4) is 0 Å². The Balaban J connectivity index is 2.41. The Hall–Kier alpha value is -1.84. The van der Waals surface area contributed by atoms with Crippen molar-refractivity contribution in [3.05, 3.63) is 24.5 Å². The van der Waals surface area contributed by atoms with Crippen LogP contribution >= 0.6 is 0 Å². The predicted molar refractivity (Wildman–Crippen MR) is 59.7 cm³/mol. The Labute approximate surface area is 88.1 Å². The van der Waals surface area contributed by atoms with Crippen LogP contribution in [0.25, 0.3) is 10.9 Å². The first-order chi connectivity index (χ1) is 7.31. The molecule has 2 aromatic rings. The minimum atomic E-state index is 0.488. The topological polar surface area (TPSA) is 61.0 Å². The van der Waals surface area contributed by atoms with Crippen molar-refractivity contribution in [3.63, 3.8) is 0 Å². The summed E-state index contributed by atoms with van der Waals surface area (Å²) in [5, 5.41) is 0.839. The molecule has 0 radical (unpaired) electrons. The zero-order valence-electron chi connectivity index (χ0n) is 8.60. The van der Waals surface area contributed by atoms with Gasteiger partial charge in [-0.2, -0.15) is 0 Å². The third kappa shape index (κ3) is 1.98. The van der Waals surface area contributed by atoms with E-state index in [9.17, 15) is 0 Å². The molecule has 0 bridgehead atoms. The molecule has 0 saturated heterocycles. The molecule has 0 atom stereocenters. The Morgan fingerprint density at radius 2 is 2.20 bits per heavy atom. The lowest BCUT2D eigenvalue weighted by Crippen LogP contribution is -1.97. The highest BCUT2D eigenvalue weighted by Gasteiger charge is 2.01.